The monoisotopic (exact) mass is 524 g/mol. The van der Waals surface area contributed by atoms with Gasteiger partial charge in [0.2, 0.25) is 17.1 Å². The van der Waals surface area contributed by atoms with Crippen molar-refractivity contribution in [2.75, 3.05) is 73.0 Å². The summed E-state index contributed by atoms with van der Waals surface area (Å²) in [5.41, 5.74) is 3.89. The lowest BCUT2D eigenvalue weighted by Gasteiger charge is -2.32. The highest BCUT2D eigenvalue weighted by atomic mass is 16.5. The molecule has 1 atom stereocenters. The fourth-order valence-electron chi connectivity index (χ4n) is 5.45. The van der Waals surface area contributed by atoms with Crippen molar-refractivity contribution in [2.45, 2.75) is 32.2 Å². The maximum Gasteiger partial charge on any atom is 0.217 e. The Kier molecular flexibility index (Phi) is 9.12. The van der Waals surface area contributed by atoms with Gasteiger partial charge in [-0.3, -0.25) is 9.59 Å². The van der Waals surface area contributed by atoms with Crippen LogP contribution in [-0.2, 0) is 11.2 Å². The van der Waals surface area contributed by atoms with Crippen LogP contribution in [-0.4, -0.2) is 83.4 Å². The molecule has 2 aromatic rings. The van der Waals surface area contributed by atoms with Crippen molar-refractivity contribution in [2.24, 2.45) is 0 Å². The number of ether oxygens (including phenoxy) is 3. The number of nitrogens with one attached hydrogen (secondary N) is 2. The Morgan fingerprint density at radius 1 is 1.03 bits per heavy atom. The number of hydrogen-bond acceptors (Lipinski definition) is 8. The number of hydrogen-bond donors (Lipinski definition) is 2. The van der Waals surface area contributed by atoms with Crippen LogP contribution in [0.5, 0.6) is 17.2 Å². The van der Waals surface area contributed by atoms with Gasteiger partial charge in [-0.05, 0) is 67.7 Å². The zero-order valence-electron chi connectivity index (χ0n) is 23.2. The molecule has 2 aromatic carbocycles. The van der Waals surface area contributed by atoms with Crippen LogP contribution in [0.1, 0.15) is 36.9 Å². The van der Waals surface area contributed by atoms with Crippen molar-refractivity contribution >= 4 is 11.6 Å². The summed E-state index contributed by atoms with van der Waals surface area (Å²) in [6, 6.07) is 7.09. The molecule has 4 rings (SSSR count). The average molecular weight is 525 g/mol. The Labute approximate surface area is 225 Å². The van der Waals surface area contributed by atoms with Gasteiger partial charge in [-0.2, -0.15) is 0 Å². The zero-order chi connectivity index (χ0) is 27.2. The first-order valence-electron chi connectivity index (χ1n) is 13.3. The Balaban J connectivity index is 1.69. The quantitative estimate of drug-likeness (QED) is 0.484. The second-order valence-electron chi connectivity index (χ2n) is 10.0. The Hall–Kier alpha value is -3.30. The number of fused-ring (bicyclic) bond motifs is 3. The number of likely N-dealkylation sites (N-methyl/N-ethyl adjacent to an activating group) is 1. The zero-order valence-corrected chi connectivity index (χ0v) is 23.2. The molecule has 1 aliphatic heterocycles. The third-order valence-corrected chi connectivity index (χ3v) is 7.48. The van der Waals surface area contributed by atoms with Crippen LogP contribution in [0.2, 0.25) is 0 Å². The molecule has 0 bridgehead atoms. The standard InChI is InChI=1S/C29H40N4O5/c1-19(34)31-23-9-7-20-17-26(36-3)28(37-4)29(38-5)27(20)21-8-10-24(25(35)18-22(21)23)30-11-6-12-33-15-13-32(2)14-16-33/h8,10,17-18,23H,6-7,9,11-16H2,1-5H3,(H,30,35)(H,31,34)/t23-/m0/s1. The lowest BCUT2D eigenvalue weighted by Crippen LogP contribution is -2.44. The van der Waals surface area contributed by atoms with Crippen LogP contribution in [0.3, 0.4) is 0 Å². The van der Waals surface area contributed by atoms with Crippen LogP contribution in [0.25, 0.3) is 11.1 Å². The van der Waals surface area contributed by atoms with Crippen molar-refractivity contribution in [3.63, 3.8) is 0 Å². The number of methoxy groups -OCH3 is 3. The topological polar surface area (TPSA) is 92.4 Å². The van der Waals surface area contributed by atoms with E-state index in [9.17, 15) is 9.59 Å². The molecule has 0 saturated carbocycles. The average Bonchev–Trinajstić information content (AvgIpc) is 3.15. The fraction of sp³-hybridized carbons (Fsp3) is 0.517. The molecule has 1 heterocycles. The number of piperazine rings is 1. The van der Waals surface area contributed by atoms with E-state index in [1.54, 1.807) is 27.4 Å². The summed E-state index contributed by atoms with van der Waals surface area (Å²) in [5, 5.41) is 6.41. The van der Waals surface area contributed by atoms with Crippen LogP contribution in [0, 0.1) is 0 Å². The number of carbonyl (C=O) groups excluding carboxylic acids is 1. The predicted octanol–water partition coefficient (Wildman–Crippen LogP) is 2.91. The largest absolute Gasteiger partial charge is 0.493 e. The number of rotatable bonds is 9. The molecule has 1 aliphatic carbocycles. The maximum absolute atomic E-state index is 13.4. The first-order chi connectivity index (χ1) is 18.4. The van der Waals surface area contributed by atoms with E-state index in [2.05, 4.69) is 27.5 Å². The van der Waals surface area contributed by atoms with Crippen molar-refractivity contribution < 1.29 is 19.0 Å². The third-order valence-electron chi connectivity index (χ3n) is 7.48. The lowest BCUT2D eigenvalue weighted by atomic mass is 9.95. The molecular weight excluding hydrogens is 484 g/mol. The van der Waals surface area contributed by atoms with Crippen molar-refractivity contribution in [1.82, 2.24) is 15.1 Å². The summed E-state index contributed by atoms with van der Waals surface area (Å²) in [7, 11) is 6.93. The third kappa shape index (κ3) is 6.05. The summed E-state index contributed by atoms with van der Waals surface area (Å²) in [6.45, 7) is 7.55. The van der Waals surface area contributed by atoms with Crippen molar-refractivity contribution in [1.29, 1.82) is 0 Å². The summed E-state index contributed by atoms with van der Waals surface area (Å²) in [6.07, 6.45) is 2.25. The van der Waals surface area contributed by atoms with E-state index >= 15 is 0 Å². The molecule has 2 N–H and O–H groups in total. The van der Waals surface area contributed by atoms with Gasteiger partial charge in [0.05, 0.1) is 33.1 Å². The number of amides is 1. The molecule has 2 aliphatic rings. The van der Waals surface area contributed by atoms with E-state index in [0.29, 0.717) is 42.3 Å². The number of nitrogens with zero attached hydrogens (tertiary/aromatic N) is 2. The van der Waals surface area contributed by atoms with Gasteiger partial charge in [-0.15, -0.1) is 0 Å². The highest BCUT2D eigenvalue weighted by Crippen LogP contribution is 2.50. The minimum Gasteiger partial charge on any atom is -0.493 e. The van der Waals surface area contributed by atoms with Gasteiger partial charge in [-0.1, -0.05) is 6.07 Å². The van der Waals surface area contributed by atoms with Crippen LogP contribution < -0.4 is 30.3 Å². The first-order valence-corrected chi connectivity index (χ1v) is 13.3. The van der Waals surface area contributed by atoms with Gasteiger partial charge in [0.1, 0.15) is 0 Å². The Bertz CT molecular complexity index is 1210. The molecule has 0 spiro atoms. The van der Waals surface area contributed by atoms with Gasteiger partial charge < -0.3 is 34.6 Å². The highest BCUT2D eigenvalue weighted by molar-refractivity contribution is 5.83. The molecule has 9 heteroatoms. The molecular formula is C29H40N4O5. The molecule has 206 valence electrons. The second-order valence-corrected chi connectivity index (χ2v) is 10.0. The summed E-state index contributed by atoms with van der Waals surface area (Å²) >= 11 is 0. The first kappa shape index (κ1) is 27.7. The Morgan fingerprint density at radius 3 is 2.42 bits per heavy atom. The van der Waals surface area contributed by atoms with E-state index < -0.39 is 0 Å². The van der Waals surface area contributed by atoms with E-state index in [1.807, 2.05) is 18.2 Å². The normalized spacial score (nSPS) is 17.6. The fourth-order valence-corrected chi connectivity index (χ4v) is 5.45. The number of benzene rings is 1. The van der Waals surface area contributed by atoms with Gasteiger partial charge in [0.15, 0.2) is 11.5 Å². The lowest BCUT2D eigenvalue weighted by molar-refractivity contribution is -0.119. The second kappa shape index (κ2) is 12.5. The summed E-state index contributed by atoms with van der Waals surface area (Å²) in [5.74, 6) is 1.48. The maximum atomic E-state index is 13.4. The molecule has 1 saturated heterocycles. The van der Waals surface area contributed by atoms with Crippen molar-refractivity contribution in [3.05, 3.63) is 45.6 Å². The highest BCUT2D eigenvalue weighted by Gasteiger charge is 2.29. The van der Waals surface area contributed by atoms with Crippen molar-refractivity contribution in [3.8, 4) is 28.4 Å². The van der Waals surface area contributed by atoms with E-state index in [1.165, 1.54) is 6.92 Å². The number of anilines is 1. The number of carbonyl (C=O) groups is 1. The minimum atomic E-state index is -0.318. The van der Waals surface area contributed by atoms with E-state index in [4.69, 9.17) is 14.2 Å². The van der Waals surface area contributed by atoms with Crippen LogP contribution in [0.4, 0.5) is 5.69 Å². The molecule has 38 heavy (non-hydrogen) atoms. The SMILES string of the molecule is COc1cc2c(c(OC)c1OC)-c1ccc(NCCCN3CCN(C)CC3)c(=O)cc1[C@@H](NC(C)=O)CC2. The van der Waals surface area contributed by atoms with Gasteiger partial charge >= 0.3 is 0 Å². The van der Waals surface area contributed by atoms with E-state index in [-0.39, 0.29) is 17.4 Å². The molecule has 1 amide bonds. The number of aryl methyl sites for hydroxylation is 1. The summed E-state index contributed by atoms with van der Waals surface area (Å²) < 4.78 is 17.1. The van der Waals surface area contributed by atoms with Gasteiger partial charge in [0.25, 0.3) is 0 Å². The molecule has 0 radical (unpaired) electrons. The van der Waals surface area contributed by atoms with Gasteiger partial charge in [0, 0.05) is 45.2 Å². The predicted molar refractivity (Wildman–Crippen MR) is 150 cm³/mol. The van der Waals surface area contributed by atoms with E-state index in [0.717, 1.165) is 61.4 Å². The van der Waals surface area contributed by atoms with Crippen LogP contribution in [0.15, 0.2) is 29.1 Å². The molecule has 0 aromatic heterocycles. The minimum absolute atomic E-state index is 0.107. The Morgan fingerprint density at radius 2 is 1.76 bits per heavy atom. The molecule has 9 nitrogen and oxygen atoms in total. The van der Waals surface area contributed by atoms with Gasteiger partial charge in [-0.25, -0.2) is 0 Å². The smallest absolute Gasteiger partial charge is 0.217 e. The molecule has 1 fully saturated rings. The summed E-state index contributed by atoms with van der Waals surface area (Å²) in [4.78, 5) is 30.3. The van der Waals surface area contributed by atoms with Crippen LogP contribution >= 0.6 is 0 Å². The molecule has 0 unspecified atom stereocenters.